The molecule has 1 rings (SSSR count). The molecule has 0 aliphatic heterocycles. The summed E-state index contributed by atoms with van der Waals surface area (Å²) in [5.74, 6) is -1.20. The highest BCUT2D eigenvalue weighted by Gasteiger charge is 2.11. The van der Waals surface area contributed by atoms with Gasteiger partial charge in [-0.25, -0.2) is 0 Å². The van der Waals surface area contributed by atoms with Gasteiger partial charge >= 0.3 is 11.8 Å². The lowest BCUT2D eigenvalue weighted by molar-refractivity contribution is -0.139. The van der Waals surface area contributed by atoms with Crippen LogP contribution in [0.3, 0.4) is 0 Å². The zero-order valence-electron chi connectivity index (χ0n) is 10.3. The number of hydrogen-bond donors (Lipinski definition) is 2. The zero-order valence-corrected chi connectivity index (χ0v) is 11.1. The molecule has 2 amide bonds. The Kier molecular flexibility index (Phi) is 6.22. The lowest BCUT2D eigenvalue weighted by Gasteiger charge is -2.06. The Labute approximate surface area is 112 Å². The maximum atomic E-state index is 11.4. The second-order valence-corrected chi connectivity index (χ2v) is 4.36. The van der Waals surface area contributed by atoms with Gasteiger partial charge in [-0.05, 0) is 24.1 Å². The number of amides is 2. The highest BCUT2D eigenvalue weighted by atomic mass is 35.5. The van der Waals surface area contributed by atoms with Gasteiger partial charge in [-0.15, -0.1) is 0 Å². The second-order valence-electron chi connectivity index (χ2n) is 3.92. The number of nitrogens with one attached hydrogen (secondary N) is 2. The minimum Gasteiger partial charge on any atom is -0.348 e. The Morgan fingerprint density at radius 1 is 1.11 bits per heavy atom. The summed E-state index contributed by atoms with van der Waals surface area (Å²) in [6, 6.07) is 7.09. The second kappa shape index (κ2) is 7.71. The third-order valence-electron chi connectivity index (χ3n) is 2.39. The molecule has 0 fully saturated rings. The van der Waals surface area contributed by atoms with Crippen LogP contribution in [0.5, 0.6) is 0 Å². The quantitative estimate of drug-likeness (QED) is 0.633. The SMILES string of the molecule is CCCCNC(=O)C(=O)NCc1ccc(Cl)cc1. The van der Waals surface area contributed by atoms with Gasteiger partial charge in [0.25, 0.3) is 0 Å². The molecule has 2 N–H and O–H groups in total. The molecule has 18 heavy (non-hydrogen) atoms. The summed E-state index contributed by atoms with van der Waals surface area (Å²) in [5.41, 5.74) is 0.897. The zero-order chi connectivity index (χ0) is 13.4. The Morgan fingerprint density at radius 2 is 1.72 bits per heavy atom. The van der Waals surface area contributed by atoms with Crippen LogP contribution in [0.1, 0.15) is 25.3 Å². The first-order valence-electron chi connectivity index (χ1n) is 5.94. The van der Waals surface area contributed by atoms with Crippen molar-refractivity contribution in [2.75, 3.05) is 6.54 Å². The summed E-state index contributed by atoms with van der Waals surface area (Å²) in [6.07, 6.45) is 1.85. The van der Waals surface area contributed by atoms with Crippen molar-refractivity contribution in [1.29, 1.82) is 0 Å². The fourth-order valence-electron chi connectivity index (χ4n) is 1.32. The summed E-state index contributed by atoms with van der Waals surface area (Å²) in [4.78, 5) is 22.8. The van der Waals surface area contributed by atoms with E-state index < -0.39 is 11.8 Å². The van der Waals surface area contributed by atoms with Crippen LogP contribution in [0, 0.1) is 0 Å². The van der Waals surface area contributed by atoms with Gasteiger partial charge in [0.15, 0.2) is 0 Å². The van der Waals surface area contributed by atoms with Gasteiger partial charge in [0.2, 0.25) is 0 Å². The van der Waals surface area contributed by atoms with E-state index in [2.05, 4.69) is 10.6 Å². The summed E-state index contributed by atoms with van der Waals surface area (Å²) in [6.45, 7) is 2.87. The molecule has 0 heterocycles. The van der Waals surface area contributed by atoms with Crippen LogP contribution in [-0.4, -0.2) is 18.4 Å². The van der Waals surface area contributed by atoms with E-state index in [-0.39, 0.29) is 0 Å². The molecule has 0 bridgehead atoms. The largest absolute Gasteiger partial charge is 0.348 e. The molecule has 0 saturated heterocycles. The predicted octanol–water partition coefficient (Wildman–Crippen LogP) is 1.87. The van der Waals surface area contributed by atoms with E-state index in [9.17, 15) is 9.59 Å². The Bertz CT molecular complexity index is 404. The molecule has 0 unspecified atom stereocenters. The first-order valence-corrected chi connectivity index (χ1v) is 6.31. The number of hydrogen-bond acceptors (Lipinski definition) is 2. The smallest absolute Gasteiger partial charge is 0.309 e. The lowest BCUT2D eigenvalue weighted by Crippen LogP contribution is -2.39. The normalized spacial score (nSPS) is 9.89. The molecule has 0 atom stereocenters. The summed E-state index contributed by atoms with van der Waals surface area (Å²) in [7, 11) is 0. The number of unbranched alkanes of at least 4 members (excludes halogenated alkanes) is 1. The van der Waals surface area contributed by atoms with Gasteiger partial charge in [0.1, 0.15) is 0 Å². The van der Waals surface area contributed by atoms with E-state index in [1.165, 1.54) is 0 Å². The number of rotatable bonds is 5. The van der Waals surface area contributed by atoms with Gasteiger partial charge in [-0.3, -0.25) is 9.59 Å². The van der Waals surface area contributed by atoms with E-state index in [4.69, 9.17) is 11.6 Å². The first-order chi connectivity index (χ1) is 8.63. The summed E-state index contributed by atoms with van der Waals surface area (Å²) in [5, 5.41) is 5.75. The number of carbonyl (C=O) groups is 2. The molecule has 0 aliphatic carbocycles. The Hall–Kier alpha value is -1.55. The van der Waals surface area contributed by atoms with E-state index in [1.807, 2.05) is 6.92 Å². The fourth-order valence-corrected chi connectivity index (χ4v) is 1.45. The van der Waals surface area contributed by atoms with Crippen molar-refractivity contribution >= 4 is 23.4 Å². The molecule has 5 heteroatoms. The predicted molar refractivity (Wildman–Crippen MR) is 71.2 cm³/mol. The van der Waals surface area contributed by atoms with Gasteiger partial charge < -0.3 is 10.6 Å². The maximum Gasteiger partial charge on any atom is 0.309 e. The Morgan fingerprint density at radius 3 is 2.33 bits per heavy atom. The molecular weight excluding hydrogens is 252 g/mol. The van der Waals surface area contributed by atoms with Crippen LogP contribution in [0.25, 0.3) is 0 Å². The van der Waals surface area contributed by atoms with Crippen molar-refractivity contribution in [3.05, 3.63) is 34.9 Å². The van der Waals surface area contributed by atoms with Crippen LogP contribution in [0.15, 0.2) is 24.3 Å². The average molecular weight is 269 g/mol. The van der Waals surface area contributed by atoms with E-state index >= 15 is 0 Å². The minimum absolute atomic E-state index is 0.317. The topological polar surface area (TPSA) is 58.2 Å². The highest BCUT2D eigenvalue weighted by molar-refractivity contribution is 6.35. The third kappa shape index (κ3) is 5.19. The highest BCUT2D eigenvalue weighted by Crippen LogP contribution is 2.08. The maximum absolute atomic E-state index is 11.4. The van der Waals surface area contributed by atoms with Gasteiger partial charge in [0.05, 0.1) is 0 Å². The van der Waals surface area contributed by atoms with Crippen molar-refractivity contribution in [2.45, 2.75) is 26.3 Å². The third-order valence-corrected chi connectivity index (χ3v) is 2.64. The van der Waals surface area contributed by atoms with Crippen LogP contribution in [0.2, 0.25) is 5.02 Å². The van der Waals surface area contributed by atoms with Crippen LogP contribution in [0.4, 0.5) is 0 Å². The van der Waals surface area contributed by atoms with Gasteiger partial charge in [0, 0.05) is 18.1 Å². The summed E-state index contributed by atoms with van der Waals surface area (Å²) < 4.78 is 0. The molecule has 98 valence electrons. The van der Waals surface area contributed by atoms with Gasteiger partial charge in [-0.1, -0.05) is 37.1 Å². The first kappa shape index (κ1) is 14.5. The molecule has 0 spiro atoms. The number of benzene rings is 1. The lowest BCUT2D eigenvalue weighted by atomic mass is 10.2. The van der Waals surface area contributed by atoms with Crippen LogP contribution >= 0.6 is 11.6 Å². The van der Waals surface area contributed by atoms with E-state index in [0.717, 1.165) is 18.4 Å². The number of carbonyl (C=O) groups excluding carboxylic acids is 2. The van der Waals surface area contributed by atoms with Crippen molar-refractivity contribution in [1.82, 2.24) is 10.6 Å². The fraction of sp³-hybridized carbons (Fsp3) is 0.385. The molecule has 0 radical (unpaired) electrons. The van der Waals surface area contributed by atoms with Crippen molar-refractivity contribution in [3.8, 4) is 0 Å². The monoisotopic (exact) mass is 268 g/mol. The van der Waals surface area contributed by atoms with Gasteiger partial charge in [-0.2, -0.15) is 0 Å². The molecule has 1 aromatic carbocycles. The average Bonchev–Trinajstić information content (AvgIpc) is 2.38. The van der Waals surface area contributed by atoms with E-state index in [1.54, 1.807) is 24.3 Å². The molecule has 4 nitrogen and oxygen atoms in total. The van der Waals surface area contributed by atoms with Crippen LogP contribution < -0.4 is 10.6 Å². The minimum atomic E-state index is -0.610. The Balaban J connectivity index is 2.32. The van der Waals surface area contributed by atoms with Crippen molar-refractivity contribution < 1.29 is 9.59 Å². The number of halogens is 1. The molecule has 0 aliphatic rings. The van der Waals surface area contributed by atoms with Crippen molar-refractivity contribution in [2.24, 2.45) is 0 Å². The molecule has 0 aromatic heterocycles. The van der Waals surface area contributed by atoms with Crippen LogP contribution in [-0.2, 0) is 16.1 Å². The van der Waals surface area contributed by atoms with Crippen molar-refractivity contribution in [3.63, 3.8) is 0 Å². The molecule has 0 saturated carbocycles. The standard InChI is InChI=1S/C13H17ClN2O2/c1-2-3-8-15-12(17)13(18)16-9-10-4-6-11(14)7-5-10/h4-7H,2-3,8-9H2,1H3,(H,15,17)(H,16,18). The summed E-state index contributed by atoms with van der Waals surface area (Å²) >= 11 is 5.74. The van der Waals surface area contributed by atoms with E-state index in [0.29, 0.717) is 18.1 Å². The molecule has 1 aromatic rings. The molecular formula is C13H17ClN2O2.